The summed E-state index contributed by atoms with van der Waals surface area (Å²) < 4.78 is 7.33. The molecule has 134 valence electrons. The Morgan fingerprint density at radius 2 is 2.00 bits per heavy atom. The molecule has 1 aromatic carbocycles. The molecule has 0 radical (unpaired) electrons. The van der Waals surface area contributed by atoms with Gasteiger partial charge >= 0.3 is 5.63 Å². The molecule has 0 aliphatic carbocycles. The zero-order chi connectivity index (χ0) is 18.5. The summed E-state index contributed by atoms with van der Waals surface area (Å²) in [6.45, 7) is 7.34. The van der Waals surface area contributed by atoms with Gasteiger partial charge in [0.1, 0.15) is 11.1 Å². The number of para-hydroxylation sites is 1. The van der Waals surface area contributed by atoms with E-state index in [2.05, 4.69) is 25.9 Å². The first-order chi connectivity index (χ1) is 12.3. The second-order valence-corrected chi connectivity index (χ2v) is 7.66. The molecule has 1 aliphatic heterocycles. The molecule has 3 aromatic rings. The number of nitrogens with zero attached hydrogens (tertiary/aromatic N) is 3. The number of aromatic nitrogens is 2. The second kappa shape index (κ2) is 5.83. The number of fused-ring (bicyclic) bond motifs is 2. The number of carbonyl (C=O) groups excluding carboxylic acids is 1. The summed E-state index contributed by atoms with van der Waals surface area (Å²) in [5.74, 6) is -0.293. The number of hydrogen-bond acceptors (Lipinski definition) is 4. The fraction of sp³-hybridized carbons (Fsp3) is 0.350. The third-order valence-electron chi connectivity index (χ3n) is 4.73. The topological polar surface area (TPSA) is 68.3 Å². The van der Waals surface area contributed by atoms with E-state index in [4.69, 9.17) is 4.42 Å². The predicted molar refractivity (Wildman–Crippen MR) is 98.2 cm³/mol. The summed E-state index contributed by atoms with van der Waals surface area (Å²) in [5, 5.41) is 5.24. The third kappa shape index (κ3) is 2.71. The fourth-order valence-corrected chi connectivity index (χ4v) is 3.46. The van der Waals surface area contributed by atoms with Crippen molar-refractivity contribution in [3.63, 3.8) is 0 Å². The van der Waals surface area contributed by atoms with Crippen molar-refractivity contribution in [2.75, 3.05) is 6.54 Å². The van der Waals surface area contributed by atoms with E-state index < -0.39 is 5.63 Å². The van der Waals surface area contributed by atoms with Crippen LogP contribution in [-0.4, -0.2) is 27.1 Å². The van der Waals surface area contributed by atoms with Gasteiger partial charge in [0.15, 0.2) is 0 Å². The Morgan fingerprint density at radius 3 is 2.77 bits per heavy atom. The summed E-state index contributed by atoms with van der Waals surface area (Å²) in [5.41, 5.74) is 2.07. The van der Waals surface area contributed by atoms with Crippen molar-refractivity contribution in [3.05, 3.63) is 63.8 Å². The highest BCUT2D eigenvalue weighted by Crippen LogP contribution is 2.25. The Hall–Kier alpha value is -2.89. The second-order valence-electron chi connectivity index (χ2n) is 7.66. The molecule has 0 bridgehead atoms. The molecule has 2 aromatic heterocycles. The van der Waals surface area contributed by atoms with Crippen LogP contribution in [0.25, 0.3) is 11.0 Å². The molecule has 4 rings (SSSR count). The molecule has 0 unspecified atom stereocenters. The van der Waals surface area contributed by atoms with Gasteiger partial charge in [0.2, 0.25) is 0 Å². The molecule has 1 aliphatic rings. The van der Waals surface area contributed by atoms with E-state index in [0.717, 1.165) is 23.1 Å². The quantitative estimate of drug-likeness (QED) is 0.632. The molecule has 3 heterocycles. The van der Waals surface area contributed by atoms with Gasteiger partial charge in [-0.25, -0.2) is 4.79 Å². The highest BCUT2D eigenvalue weighted by Gasteiger charge is 2.29. The molecule has 6 heteroatoms. The average molecular weight is 351 g/mol. The van der Waals surface area contributed by atoms with Crippen molar-refractivity contribution in [2.24, 2.45) is 0 Å². The van der Waals surface area contributed by atoms with Crippen LogP contribution in [0.5, 0.6) is 0 Å². The van der Waals surface area contributed by atoms with Crippen LogP contribution >= 0.6 is 0 Å². The maximum Gasteiger partial charge on any atom is 0.349 e. The maximum absolute atomic E-state index is 12.9. The van der Waals surface area contributed by atoms with Gasteiger partial charge in [0.25, 0.3) is 5.91 Å². The summed E-state index contributed by atoms with van der Waals surface area (Å²) in [6, 6.07) is 8.82. The van der Waals surface area contributed by atoms with Gasteiger partial charge in [-0.3, -0.25) is 9.48 Å². The third-order valence-corrected chi connectivity index (χ3v) is 4.73. The van der Waals surface area contributed by atoms with Crippen molar-refractivity contribution < 1.29 is 9.21 Å². The van der Waals surface area contributed by atoms with Crippen molar-refractivity contribution in [1.82, 2.24) is 14.7 Å². The lowest BCUT2D eigenvalue weighted by Gasteiger charge is -2.30. The molecule has 6 nitrogen and oxygen atoms in total. The van der Waals surface area contributed by atoms with Crippen molar-refractivity contribution >= 4 is 16.9 Å². The molecule has 0 atom stereocenters. The lowest BCUT2D eigenvalue weighted by molar-refractivity contribution is 0.0728. The molecule has 0 saturated heterocycles. The van der Waals surface area contributed by atoms with Gasteiger partial charge in [0.05, 0.1) is 11.7 Å². The monoisotopic (exact) mass is 351 g/mol. The summed E-state index contributed by atoms with van der Waals surface area (Å²) in [7, 11) is 0. The van der Waals surface area contributed by atoms with Gasteiger partial charge in [0, 0.05) is 36.2 Å². The highest BCUT2D eigenvalue weighted by atomic mass is 16.4. The standard InChI is InChI=1S/C20H21N3O3/c1-20(2,3)23-16-8-9-22(12-14(16)11-21-23)18(24)15-10-13-6-4-5-7-17(13)26-19(15)25/h4-7,10-11H,8-9,12H2,1-3H3. The van der Waals surface area contributed by atoms with Crippen LogP contribution in [0.2, 0.25) is 0 Å². The molecule has 0 saturated carbocycles. The van der Waals surface area contributed by atoms with Gasteiger partial charge in [-0.2, -0.15) is 5.10 Å². The van der Waals surface area contributed by atoms with Crippen LogP contribution in [0.1, 0.15) is 42.4 Å². The average Bonchev–Trinajstić information content (AvgIpc) is 3.04. The van der Waals surface area contributed by atoms with Gasteiger partial charge in [-0.1, -0.05) is 18.2 Å². The SMILES string of the molecule is CC(C)(C)n1ncc2c1CCN(C(=O)c1cc3ccccc3oc1=O)C2. The molecule has 0 spiro atoms. The van der Waals surface area contributed by atoms with E-state index in [1.165, 1.54) is 0 Å². The van der Waals surface area contributed by atoms with Crippen LogP contribution < -0.4 is 5.63 Å². The van der Waals surface area contributed by atoms with Gasteiger partial charge < -0.3 is 9.32 Å². The normalized spacial score (nSPS) is 14.5. The van der Waals surface area contributed by atoms with E-state index in [0.29, 0.717) is 18.7 Å². The number of hydrogen-bond donors (Lipinski definition) is 0. The lowest BCUT2D eigenvalue weighted by atomic mass is 10.0. The summed E-state index contributed by atoms with van der Waals surface area (Å²) >= 11 is 0. The van der Waals surface area contributed by atoms with Gasteiger partial charge in [-0.15, -0.1) is 0 Å². The zero-order valence-corrected chi connectivity index (χ0v) is 15.2. The minimum absolute atomic E-state index is 0.0790. The molecular weight excluding hydrogens is 330 g/mol. The van der Waals surface area contributed by atoms with Crippen LogP contribution in [0, 0.1) is 0 Å². The Labute approximate surface area is 151 Å². The number of rotatable bonds is 1. The largest absolute Gasteiger partial charge is 0.422 e. The number of carbonyl (C=O) groups is 1. The summed E-state index contributed by atoms with van der Waals surface area (Å²) in [4.78, 5) is 26.9. The highest BCUT2D eigenvalue weighted by molar-refractivity contribution is 5.96. The molecule has 0 fully saturated rings. The Balaban J connectivity index is 1.65. The lowest BCUT2D eigenvalue weighted by Crippen LogP contribution is -2.39. The van der Waals surface area contributed by atoms with Crippen molar-refractivity contribution in [1.29, 1.82) is 0 Å². The van der Waals surface area contributed by atoms with Crippen LogP contribution in [0.3, 0.4) is 0 Å². The number of benzene rings is 1. The minimum Gasteiger partial charge on any atom is -0.422 e. The smallest absolute Gasteiger partial charge is 0.349 e. The predicted octanol–water partition coefficient (Wildman–Crippen LogP) is 2.94. The van der Waals surface area contributed by atoms with E-state index >= 15 is 0 Å². The molecular formula is C20H21N3O3. The van der Waals surface area contributed by atoms with Crippen molar-refractivity contribution in [3.8, 4) is 0 Å². The van der Waals surface area contributed by atoms with Crippen molar-refractivity contribution in [2.45, 2.75) is 39.3 Å². The van der Waals surface area contributed by atoms with Crippen LogP contribution in [0.15, 0.2) is 45.7 Å². The zero-order valence-electron chi connectivity index (χ0n) is 15.2. The van der Waals surface area contributed by atoms with Crippen LogP contribution in [-0.2, 0) is 18.5 Å². The Bertz CT molecular complexity index is 1060. The van der Waals surface area contributed by atoms with Crippen LogP contribution in [0.4, 0.5) is 0 Å². The molecule has 1 amide bonds. The molecule has 0 N–H and O–H groups in total. The van der Waals surface area contributed by atoms with E-state index in [1.807, 2.05) is 23.0 Å². The number of amides is 1. The summed E-state index contributed by atoms with van der Waals surface area (Å²) in [6.07, 6.45) is 2.54. The Kier molecular flexibility index (Phi) is 3.72. The molecule has 26 heavy (non-hydrogen) atoms. The van der Waals surface area contributed by atoms with E-state index in [-0.39, 0.29) is 17.0 Å². The first-order valence-corrected chi connectivity index (χ1v) is 8.73. The van der Waals surface area contributed by atoms with Gasteiger partial charge in [-0.05, 0) is 32.9 Å². The van der Waals surface area contributed by atoms with E-state index in [9.17, 15) is 9.59 Å². The first-order valence-electron chi connectivity index (χ1n) is 8.73. The maximum atomic E-state index is 12.9. The minimum atomic E-state index is -0.593. The fourth-order valence-electron chi connectivity index (χ4n) is 3.46. The Morgan fingerprint density at radius 1 is 1.23 bits per heavy atom. The van der Waals surface area contributed by atoms with E-state index in [1.54, 1.807) is 23.1 Å². The first kappa shape index (κ1) is 16.6.